The highest BCUT2D eigenvalue weighted by atomic mass is 16.6. The van der Waals surface area contributed by atoms with Gasteiger partial charge in [-0.2, -0.15) is 0 Å². The molecule has 0 N–H and O–H groups in total. The number of nitro benzene ring substituents is 1. The first-order valence-electron chi connectivity index (χ1n) is 10.8. The highest BCUT2D eigenvalue weighted by Gasteiger charge is 2.24. The Balaban J connectivity index is 2.12. The predicted octanol–water partition coefficient (Wildman–Crippen LogP) is 6.19. The van der Waals surface area contributed by atoms with Crippen LogP contribution in [0.4, 0.5) is 5.69 Å². The Morgan fingerprint density at radius 1 is 1.03 bits per heavy atom. The van der Waals surface area contributed by atoms with Crippen LogP contribution in [0.2, 0.25) is 0 Å². The summed E-state index contributed by atoms with van der Waals surface area (Å²) in [6.45, 7) is 6.64. The van der Waals surface area contributed by atoms with E-state index in [4.69, 9.17) is 9.47 Å². The van der Waals surface area contributed by atoms with E-state index in [0.717, 1.165) is 16.3 Å². The van der Waals surface area contributed by atoms with Crippen molar-refractivity contribution in [2.45, 2.75) is 33.6 Å². The number of hydrogen-bond donors (Lipinski definition) is 0. The summed E-state index contributed by atoms with van der Waals surface area (Å²) in [6, 6.07) is 17.3. The zero-order chi connectivity index (χ0) is 23.3. The van der Waals surface area contributed by atoms with Crippen molar-refractivity contribution in [3.63, 3.8) is 0 Å². The van der Waals surface area contributed by atoms with E-state index in [-0.39, 0.29) is 29.7 Å². The van der Waals surface area contributed by atoms with E-state index in [1.807, 2.05) is 48.5 Å². The Kier molecular flexibility index (Phi) is 7.46. The molecule has 0 aliphatic carbocycles. The van der Waals surface area contributed by atoms with E-state index in [2.05, 4.69) is 20.8 Å². The maximum absolute atomic E-state index is 12.0. The monoisotopic (exact) mass is 435 g/mol. The Hall–Kier alpha value is -3.41. The predicted molar refractivity (Wildman–Crippen MR) is 126 cm³/mol. The van der Waals surface area contributed by atoms with Crippen LogP contribution in [0.1, 0.15) is 32.8 Å². The fourth-order valence-electron chi connectivity index (χ4n) is 3.43. The number of aryl methyl sites for hydroxylation is 1. The van der Waals surface area contributed by atoms with Gasteiger partial charge in [-0.25, -0.2) is 0 Å². The molecule has 32 heavy (non-hydrogen) atoms. The van der Waals surface area contributed by atoms with Gasteiger partial charge in [-0.3, -0.25) is 14.9 Å². The molecule has 0 aromatic heterocycles. The van der Waals surface area contributed by atoms with E-state index < -0.39 is 4.92 Å². The zero-order valence-electron chi connectivity index (χ0n) is 19.0. The number of nitro groups is 1. The number of benzene rings is 3. The number of esters is 1. The molecule has 0 fully saturated rings. The van der Waals surface area contributed by atoms with Crippen LogP contribution in [-0.4, -0.2) is 24.6 Å². The lowest BCUT2D eigenvalue weighted by atomic mass is 9.96. The van der Waals surface area contributed by atoms with Crippen LogP contribution in [-0.2, 0) is 16.0 Å². The van der Waals surface area contributed by atoms with Crippen molar-refractivity contribution >= 4 is 22.4 Å². The molecule has 0 saturated carbocycles. The first-order chi connectivity index (χ1) is 15.3. The second kappa shape index (κ2) is 10.3. The van der Waals surface area contributed by atoms with E-state index in [9.17, 15) is 14.9 Å². The van der Waals surface area contributed by atoms with Crippen LogP contribution < -0.4 is 4.74 Å². The highest BCUT2D eigenvalue weighted by molar-refractivity contribution is 5.89. The molecule has 0 amide bonds. The fraction of sp³-hybridized carbons (Fsp3) is 0.346. The molecule has 0 spiro atoms. The average molecular weight is 436 g/mol. The standard InChI is InChI=1S/C26H29NO5/c1-17(2)18(3)16-32-26-23(22-11-10-20-7-5-6-8-21(20)15-22)13-19(9-12-25(28)31-4)14-24(26)27(29)30/h5-8,10-11,13-15,17-18H,9,12,16H2,1-4H3. The summed E-state index contributed by atoms with van der Waals surface area (Å²) in [4.78, 5) is 23.2. The Bertz CT molecular complexity index is 1120. The first kappa shape index (κ1) is 23.3. The van der Waals surface area contributed by atoms with Crippen molar-refractivity contribution in [1.82, 2.24) is 0 Å². The molecule has 6 nitrogen and oxygen atoms in total. The third kappa shape index (κ3) is 5.44. The first-order valence-corrected chi connectivity index (χ1v) is 10.8. The summed E-state index contributed by atoms with van der Waals surface area (Å²) < 4.78 is 10.8. The second-order valence-corrected chi connectivity index (χ2v) is 8.42. The second-order valence-electron chi connectivity index (χ2n) is 8.42. The van der Waals surface area contributed by atoms with Crippen LogP contribution >= 0.6 is 0 Å². The zero-order valence-corrected chi connectivity index (χ0v) is 19.0. The van der Waals surface area contributed by atoms with E-state index >= 15 is 0 Å². The Morgan fingerprint density at radius 3 is 2.41 bits per heavy atom. The van der Waals surface area contributed by atoms with Crippen molar-refractivity contribution in [1.29, 1.82) is 0 Å². The molecule has 3 rings (SSSR count). The summed E-state index contributed by atoms with van der Waals surface area (Å²) in [6.07, 6.45) is 0.492. The topological polar surface area (TPSA) is 78.7 Å². The van der Waals surface area contributed by atoms with Crippen molar-refractivity contribution < 1.29 is 19.2 Å². The van der Waals surface area contributed by atoms with Crippen LogP contribution in [0.25, 0.3) is 21.9 Å². The molecule has 0 heterocycles. The maximum atomic E-state index is 12.0. The average Bonchev–Trinajstić information content (AvgIpc) is 2.80. The third-order valence-electron chi connectivity index (χ3n) is 5.86. The van der Waals surface area contributed by atoms with Crippen LogP contribution in [0.15, 0.2) is 54.6 Å². The summed E-state index contributed by atoms with van der Waals surface area (Å²) in [5.41, 5.74) is 2.08. The van der Waals surface area contributed by atoms with Gasteiger partial charge in [0.15, 0.2) is 0 Å². The molecule has 1 atom stereocenters. The van der Waals surface area contributed by atoms with Crippen molar-refractivity contribution in [3.8, 4) is 16.9 Å². The van der Waals surface area contributed by atoms with Crippen LogP contribution in [0.3, 0.4) is 0 Å². The normalized spacial score (nSPS) is 12.0. The number of fused-ring (bicyclic) bond motifs is 1. The number of rotatable bonds is 9. The number of carbonyl (C=O) groups is 1. The summed E-state index contributed by atoms with van der Waals surface area (Å²) in [5, 5.41) is 14.1. The molecule has 0 aliphatic heterocycles. The van der Waals surface area contributed by atoms with Gasteiger partial charge in [-0.15, -0.1) is 0 Å². The molecule has 0 aliphatic rings. The van der Waals surface area contributed by atoms with Crippen molar-refractivity contribution in [2.24, 2.45) is 11.8 Å². The van der Waals surface area contributed by atoms with Gasteiger partial charge in [0.25, 0.3) is 0 Å². The Labute approximate surface area is 188 Å². The van der Waals surface area contributed by atoms with Gasteiger partial charge in [0.2, 0.25) is 5.75 Å². The number of ether oxygens (including phenoxy) is 2. The largest absolute Gasteiger partial charge is 0.486 e. The molecular formula is C26H29NO5. The molecule has 3 aromatic carbocycles. The lowest BCUT2D eigenvalue weighted by Crippen LogP contribution is -2.15. The Morgan fingerprint density at radius 2 is 1.75 bits per heavy atom. The van der Waals surface area contributed by atoms with Crippen LogP contribution in [0, 0.1) is 22.0 Å². The van der Waals surface area contributed by atoms with Gasteiger partial charge in [0.1, 0.15) is 0 Å². The van der Waals surface area contributed by atoms with Crippen molar-refractivity contribution in [3.05, 3.63) is 70.3 Å². The molecule has 1 unspecified atom stereocenters. The number of methoxy groups -OCH3 is 1. The van der Waals surface area contributed by atoms with Gasteiger partial charge in [-0.1, -0.05) is 57.2 Å². The molecule has 0 radical (unpaired) electrons. The van der Waals surface area contributed by atoms with Gasteiger partial charge < -0.3 is 9.47 Å². The number of hydrogen-bond acceptors (Lipinski definition) is 5. The third-order valence-corrected chi connectivity index (χ3v) is 5.86. The molecule has 6 heteroatoms. The molecule has 0 bridgehead atoms. The summed E-state index contributed by atoms with van der Waals surface area (Å²) in [7, 11) is 1.33. The van der Waals surface area contributed by atoms with E-state index in [1.165, 1.54) is 13.2 Å². The van der Waals surface area contributed by atoms with Crippen LogP contribution in [0.5, 0.6) is 5.75 Å². The quantitative estimate of drug-likeness (QED) is 0.227. The van der Waals surface area contributed by atoms with E-state index in [1.54, 1.807) is 0 Å². The van der Waals surface area contributed by atoms with Gasteiger partial charge in [0, 0.05) is 18.1 Å². The van der Waals surface area contributed by atoms with Crippen molar-refractivity contribution in [2.75, 3.05) is 13.7 Å². The smallest absolute Gasteiger partial charge is 0.311 e. The van der Waals surface area contributed by atoms with E-state index in [0.29, 0.717) is 30.1 Å². The molecule has 168 valence electrons. The SMILES string of the molecule is COC(=O)CCc1cc(-c2ccc3ccccc3c2)c(OCC(C)C(C)C)c([N+](=O)[O-])c1. The minimum Gasteiger partial charge on any atom is -0.486 e. The minimum atomic E-state index is -0.415. The molecule has 0 saturated heterocycles. The fourth-order valence-corrected chi connectivity index (χ4v) is 3.43. The highest BCUT2D eigenvalue weighted by Crippen LogP contribution is 2.41. The minimum absolute atomic E-state index is 0.0912. The molecular weight excluding hydrogens is 406 g/mol. The number of carbonyl (C=O) groups excluding carboxylic acids is 1. The van der Waals surface area contributed by atoms with Gasteiger partial charge in [-0.05, 0) is 52.3 Å². The summed E-state index contributed by atoms with van der Waals surface area (Å²) >= 11 is 0. The molecule has 3 aromatic rings. The number of nitrogens with zero attached hydrogens (tertiary/aromatic N) is 1. The lowest BCUT2D eigenvalue weighted by Gasteiger charge is -2.19. The van der Waals surface area contributed by atoms with Gasteiger partial charge in [0.05, 0.1) is 18.6 Å². The van der Waals surface area contributed by atoms with Gasteiger partial charge >= 0.3 is 11.7 Å². The lowest BCUT2D eigenvalue weighted by molar-refractivity contribution is -0.385. The summed E-state index contributed by atoms with van der Waals surface area (Å²) in [5.74, 6) is 0.529. The maximum Gasteiger partial charge on any atom is 0.311 e.